The Kier molecular flexibility index (Phi) is 23.6. The van der Waals surface area contributed by atoms with Gasteiger partial charge in [0.05, 0.1) is 51.2 Å². The van der Waals surface area contributed by atoms with Crippen LogP contribution in [0.15, 0.2) is 282 Å². The van der Waals surface area contributed by atoms with E-state index in [0.717, 1.165) is 138 Å². The summed E-state index contributed by atoms with van der Waals surface area (Å²) in [5.74, 6) is 2.92. The Bertz CT molecular complexity index is 6310. The summed E-state index contributed by atoms with van der Waals surface area (Å²) in [5.41, 5.74) is 14.6. The predicted octanol–water partition coefficient (Wildman–Crippen LogP) is 14.4. The maximum atomic E-state index is 12.6. The number of hydrogen-bond donors (Lipinski definition) is 5. The third-order valence-corrected chi connectivity index (χ3v) is 20.7. The molecule has 0 saturated carbocycles. The molecule has 0 spiro atoms. The first kappa shape index (κ1) is 77.3. The van der Waals surface area contributed by atoms with Gasteiger partial charge in [0.25, 0.3) is 22.2 Å². The SMILES string of the molecule is CN1CCC(COc2ccc(-c3cn(-c4ccccc4)c4c(=O)[nH]cnc34)cc2)C1.CN1CCC(Oc2ccc(-c3cn(-c4ccccc4)c4c(=O)[nH]cnc34)cc2)CC1.COc1ccc(-n2cc(-c3ccc(OCCCN(C)C)cc3)c3nc[nH]c(=O)c32)cc1.O=C(O)c1cccc(-c2cn(-c3ccccc3)c3c(=O)[nH]cnc23)c1. The Morgan fingerprint density at radius 1 is 0.440 bits per heavy atom. The zero-order valence-electron chi connectivity index (χ0n) is 64.8. The van der Waals surface area contributed by atoms with Crippen LogP contribution in [-0.2, 0) is 0 Å². The van der Waals surface area contributed by atoms with Crippen molar-refractivity contribution in [1.29, 1.82) is 0 Å². The van der Waals surface area contributed by atoms with Gasteiger partial charge < -0.3 is 77.0 Å². The van der Waals surface area contributed by atoms with E-state index in [1.807, 2.05) is 227 Å². The molecule has 2 saturated heterocycles. The van der Waals surface area contributed by atoms with Gasteiger partial charge in [-0.25, -0.2) is 24.7 Å². The smallest absolute Gasteiger partial charge is 0.335 e. The molecule has 0 radical (unpaired) electrons. The molecular weight excluding hydrogens is 1460 g/mol. The van der Waals surface area contributed by atoms with Crippen LogP contribution in [0.2, 0.25) is 0 Å². The number of carboxylic acids is 1. The Morgan fingerprint density at radius 2 is 0.819 bits per heavy atom. The van der Waals surface area contributed by atoms with Gasteiger partial charge in [-0.3, -0.25) is 19.2 Å². The average Bonchev–Trinajstić information content (AvgIpc) is 1.63. The van der Waals surface area contributed by atoms with Crippen LogP contribution in [0.5, 0.6) is 23.0 Å². The highest BCUT2D eigenvalue weighted by molar-refractivity contribution is 5.98. The van der Waals surface area contributed by atoms with E-state index in [1.165, 1.54) is 37.8 Å². The molecule has 2 aliphatic rings. The number of piperidine rings is 1. The molecule has 116 heavy (non-hydrogen) atoms. The molecule has 2 aliphatic heterocycles. The van der Waals surface area contributed by atoms with Crippen LogP contribution in [0.1, 0.15) is 36.0 Å². The number of aromatic carboxylic acids is 1. The number of fused-ring (bicyclic) bond motifs is 4. The summed E-state index contributed by atoms with van der Waals surface area (Å²) in [6, 6.07) is 67.3. The molecule has 5 N–H and O–H groups in total. The summed E-state index contributed by atoms with van der Waals surface area (Å²) in [6.45, 7) is 6.79. The number of H-pyrrole nitrogens is 4. The molecular formula is C91H87N15O10. The second kappa shape index (κ2) is 35.4. The molecule has 2 fully saturated rings. The van der Waals surface area contributed by atoms with E-state index in [-0.39, 0.29) is 33.9 Å². The van der Waals surface area contributed by atoms with E-state index in [9.17, 15) is 29.1 Å². The van der Waals surface area contributed by atoms with Gasteiger partial charge in [0, 0.05) is 102 Å². The fraction of sp³-hybridized carbons (Fsp3) is 0.198. The van der Waals surface area contributed by atoms with Gasteiger partial charge in [-0.15, -0.1) is 0 Å². The highest BCUT2D eigenvalue weighted by atomic mass is 16.5. The van der Waals surface area contributed by atoms with E-state index in [4.69, 9.17) is 18.9 Å². The molecule has 0 aliphatic carbocycles. The molecule has 0 amide bonds. The lowest BCUT2D eigenvalue weighted by Crippen LogP contribution is -2.35. The molecule has 586 valence electrons. The Hall–Kier alpha value is -14.0. The van der Waals surface area contributed by atoms with Gasteiger partial charge in [-0.05, 0) is 192 Å². The number of hydrogen-bond acceptors (Lipinski definition) is 16. The van der Waals surface area contributed by atoms with Crippen LogP contribution in [0, 0.1) is 5.92 Å². The largest absolute Gasteiger partial charge is 0.497 e. The molecule has 10 heterocycles. The highest BCUT2D eigenvalue weighted by Gasteiger charge is 2.24. The molecule has 0 bridgehead atoms. The first-order chi connectivity index (χ1) is 56.6. The van der Waals surface area contributed by atoms with Crippen LogP contribution in [-0.4, -0.2) is 171 Å². The summed E-state index contributed by atoms with van der Waals surface area (Å²) in [6.07, 6.45) is 18.0. The van der Waals surface area contributed by atoms with Crippen LogP contribution in [0.4, 0.5) is 0 Å². The number of nitrogens with zero attached hydrogens (tertiary/aromatic N) is 11. The van der Waals surface area contributed by atoms with Crippen molar-refractivity contribution in [3.63, 3.8) is 0 Å². The predicted molar refractivity (Wildman–Crippen MR) is 453 cm³/mol. The fourth-order valence-corrected chi connectivity index (χ4v) is 14.7. The molecule has 8 aromatic carbocycles. The number of aromatic amines is 4. The summed E-state index contributed by atoms with van der Waals surface area (Å²) < 4.78 is 30.7. The van der Waals surface area contributed by atoms with E-state index >= 15 is 0 Å². The maximum absolute atomic E-state index is 12.6. The Labute approximate surface area is 666 Å². The van der Waals surface area contributed by atoms with Gasteiger partial charge in [0.1, 0.15) is 73.2 Å². The van der Waals surface area contributed by atoms with Gasteiger partial charge >= 0.3 is 5.97 Å². The van der Waals surface area contributed by atoms with Crippen LogP contribution >= 0.6 is 0 Å². The zero-order chi connectivity index (χ0) is 80.2. The van der Waals surface area contributed by atoms with Crippen molar-refractivity contribution in [2.75, 3.05) is 81.2 Å². The number of carbonyl (C=O) groups is 1. The highest BCUT2D eigenvalue weighted by Crippen LogP contribution is 2.36. The van der Waals surface area contributed by atoms with E-state index < -0.39 is 5.97 Å². The van der Waals surface area contributed by atoms with Gasteiger partial charge in [0.15, 0.2) is 0 Å². The van der Waals surface area contributed by atoms with Crippen molar-refractivity contribution < 1.29 is 28.8 Å². The van der Waals surface area contributed by atoms with Gasteiger partial charge in [-0.1, -0.05) is 103 Å². The number of ether oxygens (including phenoxy) is 4. The number of aromatic nitrogens is 12. The lowest BCUT2D eigenvalue weighted by atomic mass is 10.0. The van der Waals surface area contributed by atoms with Gasteiger partial charge in [-0.2, -0.15) is 0 Å². The molecule has 16 aromatic rings. The van der Waals surface area contributed by atoms with Crippen molar-refractivity contribution in [2.45, 2.75) is 31.8 Å². The van der Waals surface area contributed by atoms with Crippen molar-refractivity contribution in [2.24, 2.45) is 5.92 Å². The number of rotatable bonds is 20. The van der Waals surface area contributed by atoms with Crippen molar-refractivity contribution in [3.05, 3.63) is 309 Å². The summed E-state index contributed by atoms with van der Waals surface area (Å²) >= 11 is 0. The Morgan fingerprint density at radius 3 is 1.21 bits per heavy atom. The second-order valence-corrected chi connectivity index (χ2v) is 28.9. The molecule has 25 heteroatoms. The normalized spacial score (nSPS) is 13.7. The average molecular weight is 1550 g/mol. The summed E-state index contributed by atoms with van der Waals surface area (Å²) in [5, 5.41) is 9.22. The lowest BCUT2D eigenvalue weighted by molar-refractivity contribution is 0.0696. The topological polar surface area (TPSA) is 287 Å². The molecule has 1 atom stereocenters. The zero-order valence-corrected chi connectivity index (χ0v) is 64.8. The number of nitrogens with one attached hydrogen (secondary N) is 4. The quantitative estimate of drug-likeness (QED) is 0.0443. The first-order valence-electron chi connectivity index (χ1n) is 38.3. The third-order valence-electron chi connectivity index (χ3n) is 20.7. The number of likely N-dealkylation sites (tertiary alicyclic amines) is 2. The second-order valence-electron chi connectivity index (χ2n) is 28.9. The third kappa shape index (κ3) is 17.4. The Balaban J connectivity index is 0.000000122. The van der Waals surface area contributed by atoms with E-state index in [0.29, 0.717) is 67.8 Å². The number of para-hydroxylation sites is 3. The molecule has 1 unspecified atom stereocenters. The van der Waals surface area contributed by atoms with Crippen LogP contribution in [0.3, 0.4) is 0 Å². The molecule has 8 aromatic heterocycles. The summed E-state index contributed by atoms with van der Waals surface area (Å²) in [4.78, 5) is 96.6. The van der Waals surface area contributed by atoms with Crippen molar-refractivity contribution in [3.8, 4) is 90.3 Å². The minimum atomic E-state index is -1.00. The number of benzene rings is 8. The standard InChI is InChI=1S/C24H26N4O3.2C24H24N4O2.C19H13N3O3/c1-27(2)13-4-14-31-20-9-5-17(6-10-20)21-15-28(18-7-11-19(30-3)12-8-18)23-22(21)25-16-26-24(23)29;1-27-13-11-20(12-14-27)30-19-9-7-17(8-10-19)21-15-28(18-5-3-2-4-6-18)23-22(21)25-16-26-24(23)29;1-27-12-11-17(13-27)15-30-20-9-7-18(8-10-20)21-14-28(19-5-3-2-4-6-19)23-22(21)25-16-26-24(23)29;23-18-17-16(20-11-21-18)15(10-22(17)14-7-2-1-3-8-14)12-5-4-6-13(9-12)19(24)25/h5-12,15-16H,4,13-14H2,1-3H3,(H,25,26,29);2-10,15-16,20H,11-14H2,1H3,(H,25,26,29);2-10,14,16-17H,11-13,15H2,1H3,(H,25,26,29);1-11H,(H,24,25)(H,20,21,23). The first-order valence-corrected chi connectivity index (χ1v) is 38.3. The van der Waals surface area contributed by atoms with Crippen molar-refractivity contribution in [1.82, 2.24) is 72.8 Å². The molecule has 18 rings (SSSR count). The fourth-order valence-electron chi connectivity index (χ4n) is 14.7. The lowest BCUT2D eigenvalue weighted by Gasteiger charge is -2.29. The van der Waals surface area contributed by atoms with E-state index in [2.05, 4.69) is 82.8 Å². The van der Waals surface area contributed by atoms with Crippen LogP contribution in [0.25, 0.3) is 111 Å². The monoisotopic (exact) mass is 1550 g/mol. The number of methoxy groups -OCH3 is 1. The van der Waals surface area contributed by atoms with Crippen LogP contribution < -0.4 is 41.2 Å². The van der Waals surface area contributed by atoms with E-state index in [1.54, 1.807) is 29.9 Å². The minimum Gasteiger partial charge on any atom is -0.497 e. The summed E-state index contributed by atoms with van der Waals surface area (Å²) in [7, 11) is 10.0. The van der Waals surface area contributed by atoms with Crippen molar-refractivity contribution >= 4 is 50.1 Å². The molecule has 25 nitrogen and oxygen atoms in total. The number of carboxylic acid groups (broad SMARTS) is 1. The minimum absolute atomic E-state index is 0.155. The van der Waals surface area contributed by atoms with Gasteiger partial charge in [0.2, 0.25) is 0 Å². The maximum Gasteiger partial charge on any atom is 0.335 e.